The van der Waals surface area contributed by atoms with E-state index in [-0.39, 0.29) is 0 Å². The number of rotatable bonds is 5. The van der Waals surface area contributed by atoms with Gasteiger partial charge in [0, 0.05) is 24.0 Å². The monoisotopic (exact) mass is 279 g/mol. The zero-order valence-electron chi connectivity index (χ0n) is 10.3. The van der Waals surface area contributed by atoms with E-state index < -0.39 is 6.09 Å². The van der Waals surface area contributed by atoms with Gasteiger partial charge in [0.2, 0.25) is 0 Å². The minimum absolute atomic E-state index is 0.322. The van der Waals surface area contributed by atoms with Gasteiger partial charge in [-0.2, -0.15) is 9.36 Å². The van der Waals surface area contributed by atoms with Crippen molar-refractivity contribution in [1.29, 1.82) is 0 Å². The van der Waals surface area contributed by atoms with E-state index in [1.807, 2.05) is 0 Å². The van der Waals surface area contributed by atoms with Gasteiger partial charge in [-0.05, 0) is 18.6 Å². The molecule has 2 aromatic rings. The minimum Gasteiger partial charge on any atom is -0.430 e. The van der Waals surface area contributed by atoms with Crippen molar-refractivity contribution < 1.29 is 14.3 Å². The lowest BCUT2D eigenvalue weighted by molar-refractivity contribution is 0.211. The van der Waals surface area contributed by atoms with E-state index >= 15 is 0 Å². The van der Waals surface area contributed by atoms with Crippen molar-refractivity contribution in [3.05, 3.63) is 30.1 Å². The van der Waals surface area contributed by atoms with Crippen molar-refractivity contribution in [2.75, 3.05) is 0 Å². The molecule has 1 aromatic heterocycles. The lowest BCUT2D eigenvalue weighted by Crippen LogP contribution is -2.16. The van der Waals surface area contributed by atoms with Gasteiger partial charge in [-0.1, -0.05) is 13.0 Å². The van der Waals surface area contributed by atoms with Crippen LogP contribution >= 0.6 is 11.5 Å². The average molecular weight is 279 g/mol. The lowest BCUT2D eigenvalue weighted by Gasteiger charge is -2.03. The number of aryl methyl sites for hydroxylation is 1. The van der Waals surface area contributed by atoms with Crippen LogP contribution in [0.25, 0.3) is 0 Å². The van der Waals surface area contributed by atoms with Crippen LogP contribution in [0.2, 0.25) is 0 Å². The average Bonchev–Trinajstić information content (AvgIpc) is 2.76. The van der Waals surface area contributed by atoms with E-state index in [9.17, 15) is 4.79 Å². The molecule has 0 saturated heterocycles. The first-order valence-corrected chi connectivity index (χ1v) is 6.52. The summed E-state index contributed by atoms with van der Waals surface area (Å²) in [4.78, 5) is 14.9. The number of nitrogens with zero attached hydrogens (tertiary/aromatic N) is 2. The van der Waals surface area contributed by atoms with Crippen molar-refractivity contribution in [3.8, 4) is 16.7 Å². The van der Waals surface area contributed by atoms with Crippen LogP contribution in [0.4, 0.5) is 4.79 Å². The fourth-order valence-corrected chi connectivity index (χ4v) is 2.02. The molecular formula is C12H13N3O3S. The molecule has 0 fully saturated rings. The Hall–Kier alpha value is -2.15. The highest BCUT2D eigenvalue weighted by atomic mass is 32.1. The molecule has 7 heteroatoms. The molecule has 1 aromatic carbocycles. The zero-order valence-corrected chi connectivity index (χ0v) is 11.1. The highest BCUT2D eigenvalue weighted by Crippen LogP contribution is 2.26. The number of hydrogen-bond donors (Lipinski definition) is 1. The van der Waals surface area contributed by atoms with Gasteiger partial charge in [-0.25, -0.2) is 4.79 Å². The third-order valence-corrected chi connectivity index (χ3v) is 2.79. The molecule has 19 heavy (non-hydrogen) atoms. The van der Waals surface area contributed by atoms with Crippen molar-refractivity contribution in [1.82, 2.24) is 9.36 Å². The number of carbonyl (C=O) groups is 1. The number of aromatic nitrogens is 2. The number of amides is 1. The van der Waals surface area contributed by atoms with Crippen LogP contribution in [0, 0.1) is 0 Å². The molecule has 0 saturated carbocycles. The van der Waals surface area contributed by atoms with Gasteiger partial charge in [0.1, 0.15) is 17.3 Å². The number of primary amides is 1. The van der Waals surface area contributed by atoms with Gasteiger partial charge in [-0.3, -0.25) is 0 Å². The summed E-state index contributed by atoms with van der Waals surface area (Å²) in [6.45, 7) is 2.06. The Labute approximate surface area is 114 Å². The first-order valence-electron chi connectivity index (χ1n) is 5.75. The van der Waals surface area contributed by atoms with Crippen LogP contribution in [0.1, 0.15) is 19.2 Å². The summed E-state index contributed by atoms with van der Waals surface area (Å²) >= 11 is 1.19. The third-order valence-electron chi connectivity index (χ3n) is 2.15. The lowest BCUT2D eigenvalue weighted by atomic mass is 10.3. The van der Waals surface area contributed by atoms with Crippen LogP contribution in [-0.4, -0.2) is 15.5 Å². The van der Waals surface area contributed by atoms with Gasteiger partial charge in [-0.15, -0.1) is 0 Å². The topological polar surface area (TPSA) is 87.3 Å². The minimum atomic E-state index is -0.863. The molecule has 100 valence electrons. The zero-order chi connectivity index (χ0) is 13.7. The molecule has 0 spiro atoms. The fourth-order valence-electron chi connectivity index (χ4n) is 1.42. The Kier molecular flexibility index (Phi) is 4.30. The van der Waals surface area contributed by atoms with Crippen LogP contribution in [0.3, 0.4) is 0 Å². The number of benzene rings is 1. The second-order valence-corrected chi connectivity index (χ2v) is 4.44. The van der Waals surface area contributed by atoms with E-state index in [1.165, 1.54) is 11.5 Å². The van der Waals surface area contributed by atoms with Crippen molar-refractivity contribution in [2.24, 2.45) is 5.73 Å². The SMILES string of the molecule is CCCc1nsc(Oc2cccc(OC(N)=O)c2)n1. The largest absolute Gasteiger partial charge is 0.430 e. The Morgan fingerprint density at radius 1 is 1.42 bits per heavy atom. The molecule has 6 nitrogen and oxygen atoms in total. The van der Waals surface area contributed by atoms with Gasteiger partial charge in [0.15, 0.2) is 0 Å². The molecule has 2 N–H and O–H groups in total. The highest BCUT2D eigenvalue weighted by molar-refractivity contribution is 7.07. The molecule has 0 aliphatic heterocycles. The molecule has 0 aliphatic carbocycles. The smallest absolute Gasteiger partial charge is 0.409 e. The molecule has 1 amide bonds. The van der Waals surface area contributed by atoms with Crippen molar-refractivity contribution in [3.63, 3.8) is 0 Å². The summed E-state index contributed by atoms with van der Waals surface area (Å²) in [5.41, 5.74) is 4.94. The molecular weight excluding hydrogens is 266 g/mol. The summed E-state index contributed by atoms with van der Waals surface area (Å²) in [7, 11) is 0. The Morgan fingerprint density at radius 3 is 2.95 bits per heavy atom. The maximum absolute atomic E-state index is 10.7. The van der Waals surface area contributed by atoms with Gasteiger partial charge in [0.05, 0.1) is 0 Å². The van der Waals surface area contributed by atoms with Crippen LogP contribution in [0.5, 0.6) is 16.7 Å². The number of hydrogen-bond acceptors (Lipinski definition) is 6. The maximum Gasteiger partial charge on any atom is 0.409 e. The Bertz CT molecular complexity index is 571. The second kappa shape index (κ2) is 6.14. The third kappa shape index (κ3) is 3.92. The summed E-state index contributed by atoms with van der Waals surface area (Å²) < 4.78 is 14.5. The molecule has 0 unspecified atom stereocenters. The summed E-state index contributed by atoms with van der Waals surface area (Å²) in [5.74, 6) is 1.60. The van der Waals surface area contributed by atoms with Gasteiger partial charge < -0.3 is 15.2 Å². The molecule has 2 rings (SSSR count). The van der Waals surface area contributed by atoms with Crippen LogP contribution in [-0.2, 0) is 6.42 Å². The second-order valence-electron chi connectivity index (χ2n) is 3.72. The van der Waals surface area contributed by atoms with E-state index in [0.717, 1.165) is 18.7 Å². The molecule has 0 aliphatic rings. The van der Waals surface area contributed by atoms with Crippen LogP contribution < -0.4 is 15.2 Å². The number of carbonyl (C=O) groups excluding carboxylic acids is 1. The molecule has 0 radical (unpaired) electrons. The van der Waals surface area contributed by atoms with Gasteiger partial charge in [0.25, 0.3) is 5.19 Å². The Balaban J connectivity index is 2.07. The first kappa shape index (κ1) is 13.3. The summed E-state index contributed by atoms with van der Waals surface area (Å²) in [6, 6.07) is 6.60. The normalized spacial score (nSPS) is 10.2. The predicted octanol–water partition coefficient (Wildman–Crippen LogP) is 2.74. The summed E-state index contributed by atoms with van der Waals surface area (Å²) in [6.07, 6.45) is 0.946. The summed E-state index contributed by atoms with van der Waals surface area (Å²) in [5, 5.41) is 0.458. The van der Waals surface area contributed by atoms with E-state index in [1.54, 1.807) is 24.3 Å². The highest BCUT2D eigenvalue weighted by Gasteiger charge is 2.07. The van der Waals surface area contributed by atoms with Crippen molar-refractivity contribution >= 4 is 17.6 Å². The van der Waals surface area contributed by atoms with E-state index in [4.69, 9.17) is 15.2 Å². The fraction of sp³-hybridized carbons (Fsp3) is 0.250. The first-order chi connectivity index (χ1) is 9.17. The van der Waals surface area contributed by atoms with Crippen LogP contribution in [0.15, 0.2) is 24.3 Å². The standard InChI is InChI=1S/C12H13N3O3S/c1-2-4-10-14-12(19-15-10)18-9-6-3-5-8(7-9)17-11(13)16/h3,5-7H,2,4H2,1H3,(H2,13,16). The number of nitrogens with two attached hydrogens (primary N) is 1. The van der Waals surface area contributed by atoms with E-state index in [0.29, 0.717) is 16.7 Å². The molecule has 0 bridgehead atoms. The molecule has 1 heterocycles. The predicted molar refractivity (Wildman–Crippen MR) is 70.6 cm³/mol. The quantitative estimate of drug-likeness (QED) is 0.909. The number of ether oxygens (including phenoxy) is 2. The van der Waals surface area contributed by atoms with Crippen molar-refractivity contribution in [2.45, 2.75) is 19.8 Å². The van der Waals surface area contributed by atoms with Gasteiger partial charge >= 0.3 is 6.09 Å². The van der Waals surface area contributed by atoms with E-state index in [2.05, 4.69) is 16.3 Å². The molecule has 0 atom stereocenters. The Morgan fingerprint density at radius 2 is 2.21 bits per heavy atom. The maximum atomic E-state index is 10.7.